The molecule has 0 saturated heterocycles. The number of ether oxygens (including phenoxy) is 1. The van der Waals surface area contributed by atoms with E-state index in [1.54, 1.807) is 7.11 Å². The van der Waals surface area contributed by atoms with Gasteiger partial charge >= 0.3 is 0 Å². The highest BCUT2D eigenvalue weighted by molar-refractivity contribution is 5.96. The number of carbonyl (C=O) groups is 1. The lowest BCUT2D eigenvalue weighted by molar-refractivity contribution is -0.116. The van der Waals surface area contributed by atoms with Gasteiger partial charge in [0, 0.05) is 13.0 Å². The third kappa shape index (κ3) is 5.59. The van der Waals surface area contributed by atoms with Crippen LogP contribution in [0.1, 0.15) is 47.0 Å². The van der Waals surface area contributed by atoms with E-state index in [1.165, 1.54) is 0 Å². The van der Waals surface area contributed by atoms with Crippen LogP contribution in [0.2, 0.25) is 0 Å². The summed E-state index contributed by atoms with van der Waals surface area (Å²) >= 11 is 0. The molecule has 0 aliphatic heterocycles. The summed E-state index contributed by atoms with van der Waals surface area (Å²) in [6.45, 7) is 7.77. The molecule has 2 heteroatoms. The normalized spacial score (nSPS) is 14.3. The van der Waals surface area contributed by atoms with Gasteiger partial charge in [0.2, 0.25) is 5.78 Å². The Hall–Kier alpha value is -0.810. The predicted octanol–water partition coefficient (Wildman–Crippen LogP) is 2.81. The van der Waals surface area contributed by atoms with E-state index >= 15 is 0 Å². The second kappa shape index (κ2) is 6.63. The minimum Gasteiger partial charge on any atom is -0.366 e. The third-order valence-corrected chi connectivity index (χ3v) is 2.43. The number of hydrogen-bond acceptors (Lipinski definition) is 2. The van der Waals surface area contributed by atoms with Crippen molar-refractivity contribution in [3.63, 3.8) is 0 Å². The van der Waals surface area contributed by atoms with Gasteiger partial charge in [0.15, 0.2) is 0 Å². The molecular formula is C13H22O2. The van der Waals surface area contributed by atoms with Crippen LogP contribution in [0.3, 0.4) is 0 Å². The average Bonchev–Trinajstić information content (AvgIpc) is 2.22. The van der Waals surface area contributed by atoms with Crippen molar-refractivity contribution in [1.29, 1.82) is 0 Å². The van der Waals surface area contributed by atoms with E-state index in [0.29, 0.717) is 0 Å². The van der Waals surface area contributed by atoms with Crippen molar-refractivity contribution in [1.82, 2.24) is 0 Å². The molecule has 0 bridgehead atoms. The van der Waals surface area contributed by atoms with Crippen molar-refractivity contribution in [3.05, 3.63) is 0 Å². The molecule has 0 fully saturated rings. The van der Waals surface area contributed by atoms with Crippen LogP contribution in [0.25, 0.3) is 0 Å². The quantitative estimate of drug-likeness (QED) is 0.515. The van der Waals surface area contributed by atoms with Crippen LogP contribution in [-0.4, -0.2) is 18.5 Å². The van der Waals surface area contributed by atoms with Gasteiger partial charge in [-0.25, -0.2) is 0 Å². The number of unbranched alkanes of at least 4 members (excludes halogenated alkanes) is 1. The SMILES string of the molecule is CCCCC(C)(C#CC(=O)C(C)C)OC. The minimum absolute atomic E-state index is 0.0187. The van der Waals surface area contributed by atoms with Crippen LogP contribution in [0.5, 0.6) is 0 Å². The first-order chi connectivity index (χ1) is 6.95. The van der Waals surface area contributed by atoms with Crippen LogP contribution < -0.4 is 0 Å². The van der Waals surface area contributed by atoms with E-state index in [1.807, 2.05) is 20.8 Å². The van der Waals surface area contributed by atoms with Crippen molar-refractivity contribution in [2.24, 2.45) is 5.92 Å². The van der Waals surface area contributed by atoms with E-state index in [0.717, 1.165) is 19.3 Å². The maximum absolute atomic E-state index is 11.4. The van der Waals surface area contributed by atoms with Crippen LogP contribution >= 0.6 is 0 Å². The molecule has 0 aromatic rings. The fourth-order valence-electron chi connectivity index (χ4n) is 1.07. The summed E-state index contributed by atoms with van der Waals surface area (Å²) in [7, 11) is 1.64. The minimum atomic E-state index is -0.472. The third-order valence-electron chi connectivity index (χ3n) is 2.43. The maximum Gasteiger partial charge on any atom is 0.208 e. The van der Waals surface area contributed by atoms with E-state index in [9.17, 15) is 4.79 Å². The van der Waals surface area contributed by atoms with E-state index in [-0.39, 0.29) is 11.7 Å². The van der Waals surface area contributed by atoms with Crippen LogP contribution in [0, 0.1) is 17.8 Å². The molecule has 15 heavy (non-hydrogen) atoms. The lowest BCUT2D eigenvalue weighted by Crippen LogP contribution is -2.25. The molecule has 86 valence electrons. The Balaban J connectivity index is 4.47. The van der Waals surface area contributed by atoms with Crippen molar-refractivity contribution in [2.75, 3.05) is 7.11 Å². The number of rotatable bonds is 5. The fraction of sp³-hybridized carbons (Fsp3) is 0.769. The van der Waals surface area contributed by atoms with Crippen molar-refractivity contribution in [2.45, 2.75) is 52.6 Å². The van der Waals surface area contributed by atoms with Gasteiger partial charge in [-0.2, -0.15) is 0 Å². The number of ketones is 1. The Morgan fingerprint density at radius 2 is 2.07 bits per heavy atom. The Bertz CT molecular complexity index is 257. The Labute approximate surface area is 93.4 Å². The summed E-state index contributed by atoms with van der Waals surface area (Å²) < 4.78 is 5.34. The Kier molecular flexibility index (Phi) is 6.27. The van der Waals surface area contributed by atoms with Gasteiger partial charge in [-0.15, -0.1) is 0 Å². The van der Waals surface area contributed by atoms with Crippen LogP contribution in [0.15, 0.2) is 0 Å². The van der Waals surface area contributed by atoms with Crippen LogP contribution in [-0.2, 0) is 9.53 Å². The van der Waals surface area contributed by atoms with Crippen molar-refractivity contribution >= 4 is 5.78 Å². The van der Waals surface area contributed by atoms with Crippen molar-refractivity contribution < 1.29 is 9.53 Å². The van der Waals surface area contributed by atoms with E-state index < -0.39 is 5.60 Å². The molecule has 1 atom stereocenters. The topological polar surface area (TPSA) is 26.3 Å². The Morgan fingerprint density at radius 3 is 2.47 bits per heavy atom. The first-order valence-corrected chi connectivity index (χ1v) is 5.57. The summed E-state index contributed by atoms with van der Waals surface area (Å²) in [6.07, 6.45) is 3.05. The lowest BCUT2D eigenvalue weighted by atomic mass is 9.98. The monoisotopic (exact) mass is 210 g/mol. The highest BCUT2D eigenvalue weighted by Crippen LogP contribution is 2.16. The zero-order valence-electron chi connectivity index (χ0n) is 10.5. The summed E-state index contributed by atoms with van der Waals surface area (Å²) in [5.74, 6) is 5.57. The molecule has 0 rings (SSSR count). The molecule has 0 radical (unpaired) electrons. The largest absolute Gasteiger partial charge is 0.366 e. The summed E-state index contributed by atoms with van der Waals surface area (Å²) in [5.41, 5.74) is -0.472. The van der Waals surface area contributed by atoms with Gasteiger partial charge in [-0.05, 0) is 25.7 Å². The number of hydrogen-bond donors (Lipinski definition) is 0. The molecule has 0 heterocycles. The molecule has 2 nitrogen and oxygen atoms in total. The first kappa shape index (κ1) is 14.2. The zero-order valence-corrected chi connectivity index (χ0v) is 10.5. The number of carbonyl (C=O) groups excluding carboxylic acids is 1. The zero-order chi connectivity index (χ0) is 11.9. The molecular weight excluding hydrogens is 188 g/mol. The second-order valence-electron chi connectivity index (χ2n) is 4.31. The molecule has 0 spiro atoms. The summed E-state index contributed by atoms with van der Waals surface area (Å²) in [6, 6.07) is 0. The molecule has 0 aromatic heterocycles. The highest BCUT2D eigenvalue weighted by atomic mass is 16.5. The van der Waals surface area contributed by atoms with Gasteiger partial charge in [0.1, 0.15) is 5.60 Å². The van der Waals surface area contributed by atoms with Gasteiger partial charge in [0.05, 0.1) is 0 Å². The highest BCUT2D eigenvalue weighted by Gasteiger charge is 2.19. The smallest absolute Gasteiger partial charge is 0.208 e. The number of Topliss-reactive ketones (excluding diaryl/α,β-unsaturated/α-hetero) is 1. The molecule has 0 aromatic carbocycles. The standard InChI is InChI=1S/C13H22O2/c1-6-7-9-13(4,15-5)10-8-12(14)11(2)3/h11H,6-7,9H2,1-5H3. The second-order valence-corrected chi connectivity index (χ2v) is 4.31. The fourth-order valence-corrected chi connectivity index (χ4v) is 1.07. The predicted molar refractivity (Wildman–Crippen MR) is 62.6 cm³/mol. The van der Waals surface area contributed by atoms with Gasteiger partial charge in [-0.1, -0.05) is 33.1 Å². The van der Waals surface area contributed by atoms with Crippen LogP contribution in [0.4, 0.5) is 0 Å². The van der Waals surface area contributed by atoms with Crippen molar-refractivity contribution in [3.8, 4) is 11.8 Å². The van der Waals surface area contributed by atoms with Gasteiger partial charge < -0.3 is 4.74 Å². The number of methoxy groups -OCH3 is 1. The maximum atomic E-state index is 11.4. The molecule has 0 aliphatic carbocycles. The molecule has 1 unspecified atom stereocenters. The van der Waals surface area contributed by atoms with E-state index in [2.05, 4.69) is 18.8 Å². The van der Waals surface area contributed by atoms with Gasteiger partial charge in [-0.3, -0.25) is 4.79 Å². The molecule has 0 amide bonds. The Morgan fingerprint density at radius 1 is 1.47 bits per heavy atom. The first-order valence-electron chi connectivity index (χ1n) is 5.57. The molecule has 0 saturated carbocycles. The lowest BCUT2D eigenvalue weighted by Gasteiger charge is -2.21. The van der Waals surface area contributed by atoms with E-state index in [4.69, 9.17) is 4.74 Å². The average molecular weight is 210 g/mol. The summed E-state index contributed by atoms with van der Waals surface area (Å²) in [4.78, 5) is 11.4. The molecule has 0 aliphatic rings. The summed E-state index contributed by atoms with van der Waals surface area (Å²) in [5, 5.41) is 0. The van der Waals surface area contributed by atoms with Gasteiger partial charge in [0.25, 0.3) is 0 Å². The molecule has 0 N–H and O–H groups in total.